The molecule has 2 fully saturated rings. The number of nitrogens with zero attached hydrogens (tertiary/aromatic N) is 3. The molecule has 0 bridgehead atoms. The lowest BCUT2D eigenvalue weighted by Crippen LogP contribution is -2.44. The number of likely N-dealkylation sites (N-methyl/N-ethyl adjacent to an activating group) is 1. The molecule has 1 N–H and O–H groups in total. The zero-order valence-corrected chi connectivity index (χ0v) is 15.8. The van der Waals surface area contributed by atoms with Gasteiger partial charge in [0.1, 0.15) is 11.6 Å². The van der Waals surface area contributed by atoms with Crippen LogP contribution in [0.2, 0.25) is 0 Å². The van der Waals surface area contributed by atoms with Crippen LogP contribution in [0.4, 0.5) is 8.78 Å². The molecule has 2 saturated heterocycles. The Morgan fingerprint density at radius 1 is 1.35 bits per heavy atom. The van der Waals surface area contributed by atoms with E-state index in [2.05, 4.69) is 15.2 Å². The molecule has 2 unspecified atom stereocenters. The Hall–Kier alpha value is -1.73. The van der Waals surface area contributed by atoms with E-state index >= 15 is 0 Å². The van der Waals surface area contributed by atoms with Gasteiger partial charge in [0.25, 0.3) is 0 Å². The van der Waals surface area contributed by atoms with Gasteiger partial charge < -0.3 is 19.9 Å². The van der Waals surface area contributed by atoms with Crippen molar-refractivity contribution in [1.29, 1.82) is 0 Å². The number of likely N-dealkylation sites (tertiary alicyclic amines) is 1. The normalized spacial score (nSPS) is 24.7. The fourth-order valence-electron chi connectivity index (χ4n) is 3.98. The van der Waals surface area contributed by atoms with Crippen LogP contribution in [0.1, 0.15) is 24.4 Å². The molecule has 0 radical (unpaired) electrons. The van der Waals surface area contributed by atoms with Crippen molar-refractivity contribution in [2.24, 2.45) is 10.4 Å². The van der Waals surface area contributed by atoms with E-state index in [9.17, 15) is 8.78 Å². The van der Waals surface area contributed by atoms with Crippen LogP contribution in [0, 0.1) is 17.0 Å². The smallest absolute Gasteiger partial charge is 0.193 e. The highest BCUT2D eigenvalue weighted by Gasteiger charge is 2.42. The zero-order chi connectivity index (χ0) is 18.7. The maximum atomic E-state index is 14.2. The SMILES string of the molecule is CN=C(NCC(c1c(F)cccc1F)N(C)C)N1CCC2(CCOC2)C1. The molecule has 2 aliphatic heterocycles. The number of guanidine groups is 1. The Morgan fingerprint density at radius 3 is 2.65 bits per heavy atom. The van der Waals surface area contributed by atoms with Gasteiger partial charge in [-0.3, -0.25) is 4.99 Å². The molecule has 2 aliphatic rings. The van der Waals surface area contributed by atoms with E-state index < -0.39 is 17.7 Å². The van der Waals surface area contributed by atoms with Crippen LogP contribution in [0.3, 0.4) is 0 Å². The zero-order valence-electron chi connectivity index (χ0n) is 15.8. The van der Waals surface area contributed by atoms with E-state index in [0.29, 0.717) is 6.54 Å². The van der Waals surface area contributed by atoms with Gasteiger partial charge >= 0.3 is 0 Å². The fourth-order valence-corrected chi connectivity index (χ4v) is 3.98. The second-order valence-electron chi connectivity index (χ2n) is 7.52. The highest BCUT2D eigenvalue weighted by Crippen LogP contribution is 2.38. The van der Waals surface area contributed by atoms with Gasteiger partial charge in [0.2, 0.25) is 0 Å². The summed E-state index contributed by atoms with van der Waals surface area (Å²) in [5, 5.41) is 3.31. The molecule has 26 heavy (non-hydrogen) atoms. The molecule has 1 aromatic carbocycles. The van der Waals surface area contributed by atoms with Gasteiger partial charge in [-0.1, -0.05) is 6.07 Å². The van der Waals surface area contributed by atoms with Crippen molar-refractivity contribution < 1.29 is 13.5 Å². The Kier molecular flexibility index (Phi) is 5.77. The summed E-state index contributed by atoms with van der Waals surface area (Å²) < 4.78 is 34.0. The summed E-state index contributed by atoms with van der Waals surface area (Å²) in [6.07, 6.45) is 2.17. The molecule has 0 saturated carbocycles. The van der Waals surface area contributed by atoms with Crippen molar-refractivity contribution in [3.8, 4) is 0 Å². The van der Waals surface area contributed by atoms with Crippen molar-refractivity contribution in [3.05, 3.63) is 35.4 Å². The van der Waals surface area contributed by atoms with Gasteiger partial charge in [0.05, 0.1) is 12.6 Å². The average Bonchev–Trinajstić information content (AvgIpc) is 3.23. The second-order valence-corrected chi connectivity index (χ2v) is 7.52. The van der Waals surface area contributed by atoms with E-state index in [1.165, 1.54) is 18.2 Å². The van der Waals surface area contributed by atoms with Crippen LogP contribution >= 0.6 is 0 Å². The molecule has 2 heterocycles. The van der Waals surface area contributed by atoms with Gasteiger partial charge in [0.15, 0.2) is 5.96 Å². The second kappa shape index (κ2) is 7.88. The fraction of sp³-hybridized carbons (Fsp3) is 0.632. The minimum Gasteiger partial charge on any atom is -0.381 e. The minimum absolute atomic E-state index is 0.0857. The summed E-state index contributed by atoms with van der Waals surface area (Å²) in [5.41, 5.74) is 0.318. The van der Waals surface area contributed by atoms with Crippen molar-refractivity contribution >= 4 is 5.96 Å². The standard InChI is InChI=1S/C19H28F2N4O/c1-22-18(25-9-7-19(12-25)8-10-26-13-19)23-11-16(24(2)3)17-14(20)5-4-6-15(17)21/h4-6,16H,7-13H2,1-3H3,(H,22,23). The van der Waals surface area contributed by atoms with Crippen LogP contribution in [-0.4, -0.2) is 69.8 Å². The monoisotopic (exact) mass is 366 g/mol. The third kappa shape index (κ3) is 3.83. The number of aliphatic imine (C=N–C) groups is 1. The van der Waals surface area contributed by atoms with Crippen LogP contribution in [0.25, 0.3) is 0 Å². The predicted octanol–water partition coefficient (Wildman–Crippen LogP) is 2.26. The number of hydrogen-bond acceptors (Lipinski definition) is 3. The van der Waals surface area contributed by atoms with Crippen molar-refractivity contribution in [1.82, 2.24) is 15.1 Å². The highest BCUT2D eigenvalue weighted by atomic mass is 19.1. The Morgan fingerprint density at radius 2 is 2.08 bits per heavy atom. The molecule has 2 atom stereocenters. The molecular weight excluding hydrogens is 338 g/mol. The minimum atomic E-state index is -0.524. The van der Waals surface area contributed by atoms with Crippen molar-refractivity contribution in [2.45, 2.75) is 18.9 Å². The number of ether oxygens (including phenoxy) is 1. The highest BCUT2D eigenvalue weighted by molar-refractivity contribution is 5.80. The molecule has 5 nitrogen and oxygen atoms in total. The first kappa shape index (κ1) is 19.0. The molecule has 0 aromatic heterocycles. The average molecular weight is 366 g/mol. The lowest BCUT2D eigenvalue weighted by Gasteiger charge is -2.29. The van der Waals surface area contributed by atoms with E-state index in [-0.39, 0.29) is 11.0 Å². The van der Waals surface area contributed by atoms with Crippen LogP contribution in [0.15, 0.2) is 23.2 Å². The number of benzene rings is 1. The van der Waals surface area contributed by atoms with Gasteiger partial charge in [-0.05, 0) is 39.1 Å². The third-order valence-corrected chi connectivity index (χ3v) is 5.54. The van der Waals surface area contributed by atoms with E-state index in [0.717, 1.165) is 45.1 Å². The van der Waals surface area contributed by atoms with Crippen LogP contribution in [0.5, 0.6) is 0 Å². The molecule has 1 aromatic rings. The van der Waals surface area contributed by atoms with Gasteiger partial charge in [-0.25, -0.2) is 8.78 Å². The first-order chi connectivity index (χ1) is 12.5. The molecule has 7 heteroatoms. The number of hydrogen-bond donors (Lipinski definition) is 1. The topological polar surface area (TPSA) is 40.1 Å². The molecule has 0 aliphatic carbocycles. The summed E-state index contributed by atoms with van der Waals surface area (Å²) in [6, 6.07) is 3.56. The molecule has 0 amide bonds. The van der Waals surface area contributed by atoms with E-state index in [1.807, 2.05) is 19.0 Å². The molecular formula is C19H28F2N4O. The molecule has 1 spiro atoms. The summed E-state index contributed by atoms with van der Waals surface area (Å²) in [5.74, 6) is -0.273. The van der Waals surface area contributed by atoms with Gasteiger partial charge in [-0.15, -0.1) is 0 Å². The van der Waals surface area contributed by atoms with Crippen molar-refractivity contribution in [3.63, 3.8) is 0 Å². The van der Waals surface area contributed by atoms with Crippen LogP contribution in [-0.2, 0) is 4.74 Å². The Bertz CT molecular complexity index is 639. The lowest BCUT2D eigenvalue weighted by atomic mass is 9.87. The van der Waals surface area contributed by atoms with E-state index in [1.54, 1.807) is 7.05 Å². The van der Waals surface area contributed by atoms with Crippen molar-refractivity contribution in [2.75, 3.05) is 54.0 Å². The predicted molar refractivity (Wildman–Crippen MR) is 98.2 cm³/mol. The van der Waals surface area contributed by atoms with Crippen LogP contribution < -0.4 is 5.32 Å². The quantitative estimate of drug-likeness (QED) is 0.656. The third-order valence-electron chi connectivity index (χ3n) is 5.54. The number of halogens is 2. The number of rotatable bonds is 4. The summed E-state index contributed by atoms with van der Waals surface area (Å²) in [7, 11) is 5.39. The largest absolute Gasteiger partial charge is 0.381 e. The van der Waals surface area contributed by atoms with Gasteiger partial charge in [-0.2, -0.15) is 0 Å². The molecule has 3 rings (SSSR count). The molecule has 144 valence electrons. The maximum absolute atomic E-state index is 14.2. The first-order valence-corrected chi connectivity index (χ1v) is 9.09. The maximum Gasteiger partial charge on any atom is 0.193 e. The Labute approximate surface area is 154 Å². The summed E-state index contributed by atoms with van der Waals surface area (Å²) in [4.78, 5) is 8.42. The summed E-state index contributed by atoms with van der Waals surface area (Å²) >= 11 is 0. The van der Waals surface area contributed by atoms with E-state index in [4.69, 9.17) is 4.74 Å². The van der Waals surface area contributed by atoms with Gasteiger partial charge in [0, 0.05) is 44.3 Å². The lowest BCUT2D eigenvalue weighted by molar-refractivity contribution is 0.156. The summed E-state index contributed by atoms with van der Waals surface area (Å²) in [6.45, 7) is 3.84. The first-order valence-electron chi connectivity index (χ1n) is 9.09. The Balaban J connectivity index is 1.68. The number of nitrogens with one attached hydrogen (secondary N) is 1.